The van der Waals surface area contributed by atoms with Gasteiger partial charge in [-0.3, -0.25) is 4.21 Å². The molecule has 2 aromatic carbocycles. The largest absolute Gasteiger partial charge is 0.755 e. The number of nitrogens with one attached hydrogen (secondary N) is 1. The predicted molar refractivity (Wildman–Crippen MR) is 158 cm³/mol. The van der Waals surface area contributed by atoms with Gasteiger partial charge in [-0.2, -0.15) is 5.10 Å². The van der Waals surface area contributed by atoms with Crippen molar-refractivity contribution in [3.63, 3.8) is 0 Å². The molecule has 0 spiro atoms. The Morgan fingerprint density at radius 3 is 2.60 bits per heavy atom. The van der Waals surface area contributed by atoms with Crippen molar-refractivity contribution in [3.05, 3.63) is 92.9 Å². The van der Waals surface area contributed by atoms with Gasteiger partial charge >= 0.3 is 5.97 Å². The minimum absolute atomic E-state index is 0.114. The van der Waals surface area contributed by atoms with E-state index in [1.54, 1.807) is 22.9 Å². The number of nitrogens with zero attached hydrogens (tertiary/aromatic N) is 3. The van der Waals surface area contributed by atoms with Crippen LogP contribution < -0.4 is 4.72 Å². The molecule has 3 aromatic heterocycles. The molecule has 1 saturated carbocycles. The van der Waals surface area contributed by atoms with E-state index in [9.17, 15) is 23.1 Å². The zero-order valence-electron chi connectivity index (χ0n) is 22.1. The quantitative estimate of drug-likeness (QED) is 0.166. The number of anilines is 1. The molecule has 0 bridgehead atoms. The van der Waals surface area contributed by atoms with Gasteiger partial charge in [0.15, 0.2) is 5.69 Å². The van der Waals surface area contributed by atoms with E-state index < -0.39 is 23.1 Å². The van der Waals surface area contributed by atoms with Crippen molar-refractivity contribution < 1.29 is 27.4 Å². The number of carbonyl (C=O) groups is 1. The van der Waals surface area contributed by atoms with E-state index in [0.717, 1.165) is 45.9 Å². The van der Waals surface area contributed by atoms with E-state index in [4.69, 9.17) is 5.10 Å². The Kier molecular flexibility index (Phi) is 7.75. The number of hydrogen-bond acceptors (Lipinski definition) is 7. The lowest BCUT2D eigenvalue weighted by Crippen LogP contribution is -2.05. The molecule has 2 N–H and O–H groups in total. The van der Waals surface area contributed by atoms with Crippen LogP contribution in [0.3, 0.4) is 0 Å². The van der Waals surface area contributed by atoms with Gasteiger partial charge in [0.1, 0.15) is 11.6 Å². The highest BCUT2D eigenvalue weighted by atomic mass is 32.2. The van der Waals surface area contributed by atoms with Crippen LogP contribution in [-0.4, -0.2) is 34.6 Å². The fourth-order valence-corrected chi connectivity index (χ4v) is 6.83. The van der Waals surface area contributed by atoms with Gasteiger partial charge in [-0.15, -0.1) is 22.7 Å². The molecule has 216 valence electrons. The second-order valence-corrected chi connectivity index (χ2v) is 12.6. The van der Waals surface area contributed by atoms with Crippen molar-refractivity contribution in [2.45, 2.75) is 32.6 Å². The van der Waals surface area contributed by atoms with Crippen LogP contribution in [0.1, 0.15) is 45.7 Å². The Balaban J connectivity index is 1.53. The topological polar surface area (TPSA) is 120 Å². The summed E-state index contributed by atoms with van der Waals surface area (Å²) in [4.78, 5) is 16.7. The number of halogens is 2. The first-order valence-corrected chi connectivity index (χ1v) is 15.8. The molecule has 0 radical (unpaired) electrons. The Labute approximate surface area is 250 Å². The first kappa shape index (κ1) is 28.3. The minimum Gasteiger partial charge on any atom is -0.755 e. The lowest BCUT2D eigenvalue weighted by Gasteiger charge is -2.13. The number of thiazole rings is 1. The zero-order chi connectivity index (χ0) is 29.5. The van der Waals surface area contributed by atoms with Crippen LogP contribution in [0.5, 0.6) is 0 Å². The molecule has 42 heavy (non-hydrogen) atoms. The third kappa shape index (κ3) is 5.91. The molecule has 5 aromatic rings. The number of aryl methyl sites for hydroxylation is 1. The number of hydrogen-bond donors (Lipinski definition) is 2. The lowest BCUT2D eigenvalue weighted by atomic mass is 9.95. The monoisotopic (exact) mass is 625 g/mol. The first-order chi connectivity index (χ1) is 20.2. The summed E-state index contributed by atoms with van der Waals surface area (Å²) in [6.45, 7) is 1.94. The Morgan fingerprint density at radius 2 is 1.95 bits per heavy atom. The van der Waals surface area contributed by atoms with Crippen molar-refractivity contribution in [2.75, 3.05) is 4.72 Å². The van der Waals surface area contributed by atoms with E-state index in [2.05, 4.69) is 4.98 Å². The summed E-state index contributed by atoms with van der Waals surface area (Å²) in [6, 6.07) is 11.0. The molecule has 1 atom stereocenters. The number of benzene rings is 2. The van der Waals surface area contributed by atoms with Crippen molar-refractivity contribution in [3.8, 4) is 26.8 Å². The third-order valence-corrected chi connectivity index (χ3v) is 9.27. The average molecular weight is 626 g/mol. The van der Waals surface area contributed by atoms with Gasteiger partial charge < -0.3 is 14.4 Å². The molecule has 1 aliphatic carbocycles. The predicted octanol–water partition coefficient (Wildman–Crippen LogP) is 6.76. The SMILES string of the molecule is Cc1csc(-c2cc(-c3c(Cc4ccc(NS(=O)[O-])c(F)c4)c(CC4CC4)nn3-c3nc(C(=O)O)cs3)ccc2F)c1. The number of aromatic nitrogens is 3. The zero-order valence-corrected chi connectivity index (χ0v) is 24.5. The molecule has 0 aliphatic heterocycles. The fourth-order valence-electron chi connectivity index (χ4n) is 4.81. The van der Waals surface area contributed by atoms with Gasteiger partial charge in [0, 0.05) is 44.6 Å². The molecular weight excluding hydrogens is 603 g/mol. The molecule has 1 unspecified atom stereocenters. The average Bonchev–Trinajstić information content (AvgIpc) is 3.29. The second kappa shape index (κ2) is 11.5. The Hall–Kier alpha value is -3.78. The summed E-state index contributed by atoms with van der Waals surface area (Å²) < 4.78 is 55.7. The maximum atomic E-state index is 15.1. The van der Waals surface area contributed by atoms with E-state index in [1.165, 1.54) is 34.9 Å². The molecule has 1 aliphatic rings. The van der Waals surface area contributed by atoms with Crippen LogP contribution in [0.15, 0.2) is 53.2 Å². The van der Waals surface area contributed by atoms with Crippen molar-refractivity contribution >= 4 is 45.6 Å². The van der Waals surface area contributed by atoms with Gasteiger partial charge in [-0.1, -0.05) is 6.07 Å². The number of carboxylic acids is 1. The summed E-state index contributed by atoms with van der Waals surface area (Å²) in [5.74, 6) is -1.82. The van der Waals surface area contributed by atoms with Crippen molar-refractivity contribution in [1.82, 2.24) is 14.8 Å². The minimum atomic E-state index is -2.67. The maximum Gasteiger partial charge on any atom is 0.355 e. The van der Waals surface area contributed by atoms with E-state index >= 15 is 4.39 Å². The van der Waals surface area contributed by atoms with E-state index in [-0.39, 0.29) is 23.6 Å². The molecule has 3 heterocycles. The molecule has 0 amide bonds. The van der Waals surface area contributed by atoms with Crippen LogP contribution in [0.4, 0.5) is 14.5 Å². The highest BCUT2D eigenvalue weighted by molar-refractivity contribution is 7.80. The molecule has 13 heteroatoms. The molecule has 8 nitrogen and oxygen atoms in total. The number of aromatic carboxylic acids is 1. The van der Waals surface area contributed by atoms with Crippen LogP contribution in [-0.2, 0) is 24.1 Å². The third-order valence-electron chi connectivity index (χ3n) is 6.98. The lowest BCUT2D eigenvalue weighted by molar-refractivity contribution is 0.0691. The second-order valence-electron chi connectivity index (χ2n) is 10.2. The standard InChI is InChI=1S/C29H24F2N4O4S3/c1-15-8-26(40-13-15)19-12-18(5-6-21(19)30)27-20(9-17-4-7-23(22(31)10-17)34-42(38)39)24(11-16-2-3-16)33-35(27)29-32-25(14-41-29)28(36)37/h4-8,10,12-14,16,34H,2-3,9,11H2,1H3,(H,36,37)(H,38,39)/p-1. The van der Waals surface area contributed by atoms with Gasteiger partial charge in [0.2, 0.25) is 5.13 Å². The highest BCUT2D eigenvalue weighted by Crippen LogP contribution is 2.40. The van der Waals surface area contributed by atoms with Gasteiger partial charge in [0.05, 0.1) is 17.1 Å². The Morgan fingerprint density at radius 1 is 1.14 bits per heavy atom. The molecule has 0 saturated heterocycles. The van der Waals surface area contributed by atoms with Crippen LogP contribution in [0.25, 0.3) is 26.8 Å². The summed E-state index contributed by atoms with van der Waals surface area (Å²) in [6.07, 6.45) is 3.03. The smallest absolute Gasteiger partial charge is 0.355 e. The number of rotatable bonds is 10. The summed E-state index contributed by atoms with van der Waals surface area (Å²) >= 11 is -0.108. The van der Waals surface area contributed by atoms with Crippen LogP contribution >= 0.6 is 22.7 Å². The van der Waals surface area contributed by atoms with Crippen LogP contribution in [0.2, 0.25) is 0 Å². The first-order valence-electron chi connectivity index (χ1n) is 13.0. The van der Waals surface area contributed by atoms with Gasteiger partial charge in [0.25, 0.3) is 0 Å². The highest BCUT2D eigenvalue weighted by Gasteiger charge is 2.29. The normalized spacial score (nSPS) is 13.8. The van der Waals surface area contributed by atoms with Gasteiger partial charge in [-0.25, -0.2) is 23.2 Å². The summed E-state index contributed by atoms with van der Waals surface area (Å²) in [7, 11) is 0. The molecule has 1 fully saturated rings. The Bertz CT molecular complexity index is 1840. The van der Waals surface area contributed by atoms with Crippen molar-refractivity contribution in [2.24, 2.45) is 5.92 Å². The summed E-state index contributed by atoms with van der Waals surface area (Å²) in [5.41, 5.74) is 4.53. The molecule has 6 rings (SSSR count). The summed E-state index contributed by atoms with van der Waals surface area (Å²) in [5, 5.41) is 18.1. The van der Waals surface area contributed by atoms with E-state index in [1.807, 2.05) is 23.1 Å². The van der Waals surface area contributed by atoms with E-state index in [0.29, 0.717) is 39.9 Å². The van der Waals surface area contributed by atoms with Crippen LogP contribution in [0, 0.1) is 24.5 Å². The number of thiophene rings is 1. The number of carboxylic acid groups (broad SMARTS) is 1. The van der Waals surface area contributed by atoms with Gasteiger partial charge in [-0.05, 0) is 85.0 Å². The maximum absolute atomic E-state index is 15.1. The fraction of sp³-hybridized carbons (Fsp3) is 0.207. The molecular formula is C29H23F2N4O4S3-. The van der Waals surface area contributed by atoms with Crippen molar-refractivity contribution in [1.29, 1.82) is 0 Å².